The minimum Gasteiger partial charge on any atom is -0.444 e. The minimum absolute atomic E-state index is 0.149. The van der Waals surface area contributed by atoms with Crippen LogP contribution in [-0.2, 0) is 23.9 Å². The Bertz CT molecular complexity index is 1130. The van der Waals surface area contributed by atoms with Crippen molar-refractivity contribution in [1.82, 2.24) is 15.1 Å². The summed E-state index contributed by atoms with van der Waals surface area (Å²) in [5, 5.41) is 2.41. The second-order valence-electron chi connectivity index (χ2n) is 9.82. The predicted octanol–water partition coefficient (Wildman–Crippen LogP) is 1.99. The molecule has 2 aliphatic rings. The van der Waals surface area contributed by atoms with E-state index in [1.165, 1.54) is 12.1 Å². The SMILES string of the molecule is CC(C)[C@H](NC(=O)OC(C)(C)C)C(=O)OCN1C(=O)CCC(N2C(=O)c3cccc(F)c3C2=O)C1=O. The second kappa shape index (κ2) is 10.0. The number of carbonyl (C=O) groups is 6. The molecular weight excluding hydrogens is 477 g/mol. The molecule has 194 valence electrons. The molecule has 2 aliphatic heterocycles. The van der Waals surface area contributed by atoms with Crippen molar-refractivity contribution in [2.24, 2.45) is 5.92 Å². The Balaban J connectivity index is 1.71. The molecule has 1 aromatic rings. The number of imide groups is 2. The first-order valence-corrected chi connectivity index (χ1v) is 11.4. The van der Waals surface area contributed by atoms with E-state index in [1.54, 1.807) is 34.6 Å². The zero-order chi connectivity index (χ0) is 26.9. The van der Waals surface area contributed by atoms with Crippen LogP contribution in [0.25, 0.3) is 0 Å². The third kappa shape index (κ3) is 5.37. The number of nitrogens with zero attached hydrogens (tertiary/aromatic N) is 2. The van der Waals surface area contributed by atoms with Gasteiger partial charge >= 0.3 is 12.1 Å². The van der Waals surface area contributed by atoms with Crippen LogP contribution in [-0.4, -0.2) is 69.9 Å². The summed E-state index contributed by atoms with van der Waals surface area (Å²) in [7, 11) is 0. The molecule has 36 heavy (non-hydrogen) atoms. The van der Waals surface area contributed by atoms with Gasteiger partial charge in [0.25, 0.3) is 17.7 Å². The van der Waals surface area contributed by atoms with E-state index < -0.39 is 77.4 Å². The first-order valence-electron chi connectivity index (χ1n) is 11.4. The summed E-state index contributed by atoms with van der Waals surface area (Å²) in [5.41, 5.74) is -1.40. The third-order valence-electron chi connectivity index (χ3n) is 5.62. The minimum atomic E-state index is -1.37. The molecule has 1 saturated heterocycles. The summed E-state index contributed by atoms with van der Waals surface area (Å²) in [6.07, 6.45) is -1.21. The number of halogens is 1. The fourth-order valence-electron chi connectivity index (χ4n) is 3.89. The van der Waals surface area contributed by atoms with Gasteiger partial charge in [0.2, 0.25) is 5.91 Å². The Hall–Kier alpha value is -3.83. The maximum Gasteiger partial charge on any atom is 0.408 e. The number of rotatable bonds is 6. The quantitative estimate of drug-likeness (QED) is 0.457. The molecule has 0 aromatic heterocycles. The number of carbonyl (C=O) groups excluding carboxylic acids is 6. The van der Waals surface area contributed by atoms with Crippen molar-refractivity contribution in [2.45, 2.75) is 65.1 Å². The van der Waals surface area contributed by atoms with Crippen LogP contribution >= 0.6 is 0 Å². The number of piperidine rings is 1. The highest BCUT2D eigenvalue weighted by Gasteiger charge is 2.48. The van der Waals surface area contributed by atoms with Gasteiger partial charge in [0, 0.05) is 6.42 Å². The van der Waals surface area contributed by atoms with Crippen LogP contribution in [0.2, 0.25) is 0 Å². The van der Waals surface area contributed by atoms with Crippen LogP contribution in [0.15, 0.2) is 18.2 Å². The molecule has 2 atom stereocenters. The zero-order valence-corrected chi connectivity index (χ0v) is 20.6. The Labute approximate surface area is 206 Å². The van der Waals surface area contributed by atoms with E-state index in [1.807, 2.05) is 0 Å². The van der Waals surface area contributed by atoms with Crippen LogP contribution in [0, 0.1) is 11.7 Å². The van der Waals surface area contributed by atoms with Crippen molar-refractivity contribution in [2.75, 3.05) is 6.73 Å². The molecule has 1 unspecified atom stereocenters. The lowest BCUT2D eigenvalue weighted by atomic mass is 10.0. The molecule has 0 saturated carbocycles. The molecule has 0 radical (unpaired) electrons. The standard InChI is InChI=1S/C24H28FN3O8/c1-12(2)18(26-23(34)36-24(3,4)5)22(33)35-11-27-16(29)10-9-15(20(27)31)28-19(30)13-7-6-8-14(25)17(13)21(28)32/h6-8,12,15,18H,9-11H2,1-5H3,(H,26,34)/t15?,18-/m0/s1. The van der Waals surface area contributed by atoms with Crippen molar-refractivity contribution >= 4 is 35.7 Å². The van der Waals surface area contributed by atoms with Gasteiger partial charge in [-0.25, -0.2) is 18.9 Å². The first kappa shape index (κ1) is 26.8. The normalized spacial score (nSPS) is 18.9. The van der Waals surface area contributed by atoms with E-state index in [0.29, 0.717) is 9.80 Å². The zero-order valence-electron chi connectivity index (χ0n) is 20.6. The lowest BCUT2D eigenvalue weighted by Crippen LogP contribution is -2.57. The first-order chi connectivity index (χ1) is 16.7. The van der Waals surface area contributed by atoms with Crippen LogP contribution < -0.4 is 5.32 Å². The Morgan fingerprint density at radius 2 is 1.81 bits per heavy atom. The van der Waals surface area contributed by atoms with E-state index >= 15 is 0 Å². The molecule has 0 aliphatic carbocycles. The highest BCUT2D eigenvalue weighted by Crippen LogP contribution is 2.30. The highest BCUT2D eigenvalue weighted by molar-refractivity contribution is 6.23. The summed E-state index contributed by atoms with van der Waals surface area (Å²) < 4.78 is 24.5. The molecular formula is C24H28FN3O8. The molecule has 0 spiro atoms. The van der Waals surface area contributed by atoms with Crippen molar-refractivity contribution in [3.8, 4) is 0 Å². The summed E-state index contributed by atoms with van der Waals surface area (Å²) in [6.45, 7) is 7.48. The Morgan fingerprint density at radius 3 is 2.39 bits per heavy atom. The molecule has 3 rings (SSSR count). The topological polar surface area (TPSA) is 139 Å². The van der Waals surface area contributed by atoms with Crippen molar-refractivity contribution in [3.05, 3.63) is 35.1 Å². The van der Waals surface area contributed by atoms with Gasteiger partial charge in [-0.05, 0) is 45.2 Å². The predicted molar refractivity (Wildman–Crippen MR) is 121 cm³/mol. The van der Waals surface area contributed by atoms with Crippen molar-refractivity contribution in [3.63, 3.8) is 0 Å². The van der Waals surface area contributed by atoms with E-state index in [2.05, 4.69) is 5.32 Å². The summed E-state index contributed by atoms with van der Waals surface area (Å²) in [5.74, 6) is -5.65. The van der Waals surface area contributed by atoms with Gasteiger partial charge in [-0.3, -0.25) is 24.1 Å². The highest BCUT2D eigenvalue weighted by atomic mass is 19.1. The van der Waals surface area contributed by atoms with Gasteiger partial charge in [-0.15, -0.1) is 0 Å². The van der Waals surface area contributed by atoms with Gasteiger partial charge < -0.3 is 14.8 Å². The van der Waals surface area contributed by atoms with Crippen LogP contribution in [0.3, 0.4) is 0 Å². The maximum atomic E-state index is 14.2. The van der Waals surface area contributed by atoms with Crippen LogP contribution in [0.1, 0.15) is 68.2 Å². The molecule has 12 heteroatoms. The van der Waals surface area contributed by atoms with Crippen molar-refractivity contribution in [1.29, 1.82) is 0 Å². The number of likely N-dealkylation sites (tertiary alicyclic amines) is 1. The monoisotopic (exact) mass is 505 g/mol. The van der Waals surface area contributed by atoms with E-state index in [9.17, 15) is 33.2 Å². The van der Waals surface area contributed by atoms with Crippen LogP contribution in [0.5, 0.6) is 0 Å². The van der Waals surface area contributed by atoms with E-state index in [-0.39, 0.29) is 18.4 Å². The Morgan fingerprint density at radius 1 is 1.14 bits per heavy atom. The van der Waals surface area contributed by atoms with Gasteiger partial charge in [0.15, 0.2) is 6.73 Å². The largest absolute Gasteiger partial charge is 0.444 e. The number of amides is 5. The fourth-order valence-corrected chi connectivity index (χ4v) is 3.89. The number of hydrogen-bond acceptors (Lipinski definition) is 8. The summed E-state index contributed by atoms with van der Waals surface area (Å²) in [4.78, 5) is 77.1. The smallest absolute Gasteiger partial charge is 0.408 e. The number of nitrogens with one attached hydrogen (secondary N) is 1. The Kier molecular flexibility index (Phi) is 7.46. The lowest BCUT2D eigenvalue weighted by Gasteiger charge is -2.34. The van der Waals surface area contributed by atoms with Crippen LogP contribution in [0.4, 0.5) is 9.18 Å². The fraction of sp³-hybridized carbons (Fsp3) is 0.500. The number of ether oxygens (including phenoxy) is 2. The maximum absolute atomic E-state index is 14.2. The summed E-state index contributed by atoms with van der Waals surface area (Å²) in [6, 6.07) is 1.08. The van der Waals surface area contributed by atoms with Crippen molar-refractivity contribution < 1.29 is 42.6 Å². The average Bonchev–Trinajstić information content (AvgIpc) is 3.02. The number of fused-ring (bicyclic) bond motifs is 1. The number of benzene rings is 1. The molecule has 11 nitrogen and oxygen atoms in total. The van der Waals surface area contributed by atoms with Gasteiger partial charge in [0.05, 0.1) is 11.1 Å². The van der Waals surface area contributed by atoms with Gasteiger partial charge in [0.1, 0.15) is 23.5 Å². The van der Waals surface area contributed by atoms with E-state index in [0.717, 1.165) is 6.07 Å². The average molecular weight is 505 g/mol. The number of esters is 1. The molecule has 2 heterocycles. The van der Waals surface area contributed by atoms with E-state index in [4.69, 9.17) is 9.47 Å². The van der Waals surface area contributed by atoms with Gasteiger partial charge in [-0.1, -0.05) is 19.9 Å². The lowest BCUT2D eigenvalue weighted by molar-refractivity contribution is -0.165. The molecule has 1 aromatic carbocycles. The second-order valence-corrected chi connectivity index (χ2v) is 9.82. The third-order valence-corrected chi connectivity index (χ3v) is 5.62. The molecule has 5 amide bonds. The number of hydrogen-bond donors (Lipinski definition) is 1. The molecule has 0 bridgehead atoms. The number of alkyl carbamates (subject to hydrolysis) is 1. The molecule has 1 N–H and O–H groups in total. The molecule has 1 fully saturated rings. The van der Waals surface area contributed by atoms with Gasteiger partial charge in [-0.2, -0.15) is 0 Å². The summed E-state index contributed by atoms with van der Waals surface area (Å²) >= 11 is 0.